The van der Waals surface area contributed by atoms with Crippen molar-refractivity contribution >= 4 is 34.9 Å². The van der Waals surface area contributed by atoms with Gasteiger partial charge in [0.25, 0.3) is 5.69 Å². The Morgan fingerprint density at radius 1 is 1.50 bits per heavy atom. The molecule has 1 aromatic carbocycles. The molecular weight excluding hydrogens is 268 g/mol. The van der Waals surface area contributed by atoms with Crippen LogP contribution >= 0.6 is 23.5 Å². The fraction of sp³-hybridized carbons (Fsp3) is 0.500. The van der Waals surface area contributed by atoms with Crippen LogP contribution in [-0.4, -0.2) is 34.0 Å². The molecule has 98 valence electrons. The summed E-state index contributed by atoms with van der Waals surface area (Å²) < 4.78 is 0. The molecule has 1 heterocycles. The van der Waals surface area contributed by atoms with Crippen LogP contribution in [0.15, 0.2) is 18.2 Å². The van der Waals surface area contributed by atoms with Gasteiger partial charge in [-0.15, -0.1) is 0 Å². The first-order valence-electron chi connectivity index (χ1n) is 5.85. The summed E-state index contributed by atoms with van der Waals surface area (Å²) in [5.41, 5.74) is 1.72. The van der Waals surface area contributed by atoms with Gasteiger partial charge >= 0.3 is 0 Å². The van der Waals surface area contributed by atoms with E-state index in [9.17, 15) is 10.1 Å². The van der Waals surface area contributed by atoms with E-state index >= 15 is 0 Å². The lowest BCUT2D eigenvalue weighted by Crippen LogP contribution is -2.23. The third-order valence-electron chi connectivity index (χ3n) is 2.82. The van der Waals surface area contributed by atoms with E-state index in [0.717, 1.165) is 18.0 Å². The Bertz CT molecular complexity index is 434. The maximum Gasteiger partial charge on any atom is 0.274 e. The quantitative estimate of drug-likeness (QED) is 0.680. The monoisotopic (exact) mass is 284 g/mol. The second kappa shape index (κ2) is 6.33. The summed E-state index contributed by atoms with van der Waals surface area (Å²) in [6.07, 6.45) is 0. The molecule has 6 heteroatoms. The predicted octanol–water partition coefficient (Wildman–Crippen LogP) is 3.16. The molecular formula is C12H16N2O2S2. The Morgan fingerprint density at radius 2 is 2.33 bits per heavy atom. The maximum atomic E-state index is 10.9. The number of anilines is 1. The molecule has 0 aliphatic carbocycles. The standard InChI is InChI=1S/C12H16N2O2S2/c1-9-2-3-10(6-12(9)14(15)16)13-7-11-8-17-4-5-18-11/h2-3,6,11,13H,4-5,7-8H2,1H3. The van der Waals surface area contributed by atoms with Gasteiger partial charge in [-0.25, -0.2) is 0 Å². The maximum absolute atomic E-state index is 10.9. The lowest BCUT2D eigenvalue weighted by Gasteiger charge is -2.21. The van der Waals surface area contributed by atoms with Crippen molar-refractivity contribution in [1.29, 1.82) is 0 Å². The molecule has 1 saturated heterocycles. The number of hydrogen-bond donors (Lipinski definition) is 1. The minimum absolute atomic E-state index is 0.186. The molecule has 4 nitrogen and oxygen atoms in total. The van der Waals surface area contributed by atoms with Crippen molar-refractivity contribution in [3.8, 4) is 0 Å². The number of benzene rings is 1. The highest BCUT2D eigenvalue weighted by atomic mass is 32.2. The minimum Gasteiger partial charge on any atom is -0.384 e. The number of thioether (sulfide) groups is 2. The van der Waals surface area contributed by atoms with Crippen LogP contribution in [0.25, 0.3) is 0 Å². The third kappa shape index (κ3) is 3.55. The van der Waals surface area contributed by atoms with E-state index in [2.05, 4.69) is 5.32 Å². The SMILES string of the molecule is Cc1ccc(NCC2CSCCS2)cc1[N+](=O)[O-]. The van der Waals surface area contributed by atoms with Gasteiger partial charge in [-0.2, -0.15) is 23.5 Å². The molecule has 0 spiro atoms. The van der Waals surface area contributed by atoms with Crippen molar-refractivity contribution in [3.63, 3.8) is 0 Å². The van der Waals surface area contributed by atoms with Crippen LogP contribution in [0.5, 0.6) is 0 Å². The minimum atomic E-state index is -0.328. The average Bonchev–Trinajstić information content (AvgIpc) is 2.38. The largest absolute Gasteiger partial charge is 0.384 e. The Kier molecular flexibility index (Phi) is 4.77. The summed E-state index contributed by atoms with van der Waals surface area (Å²) in [4.78, 5) is 10.5. The number of nitrogens with one attached hydrogen (secondary N) is 1. The molecule has 1 N–H and O–H groups in total. The fourth-order valence-corrected chi connectivity index (χ4v) is 4.41. The smallest absolute Gasteiger partial charge is 0.274 e. The molecule has 2 rings (SSSR count). The molecule has 1 unspecified atom stereocenters. The van der Waals surface area contributed by atoms with Crippen molar-refractivity contribution in [2.24, 2.45) is 0 Å². The van der Waals surface area contributed by atoms with Crippen LogP contribution in [0.4, 0.5) is 11.4 Å². The zero-order valence-electron chi connectivity index (χ0n) is 10.2. The van der Waals surface area contributed by atoms with Crippen LogP contribution in [0, 0.1) is 17.0 Å². The van der Waals surface area contributed by atoms with Crippen LogP contribution in [0.2, 0.25) is 0 Å². The Balaban J connectivity index is 1.96. The molecule has 1 fully saturated rings. The van der Waals surface area contributed by atoms with Gasteiger partial charge in [0.05, 0.1) is 4.92 Å². The van der Waals surface area contributed by atoms with E-state index in [1.54, 1.807) is 19.1 Å². The van der Waals surface area contributed by atoms with Gasteiger partial charge in [0.2, 0.25) is 0 Å². The number of nitro groups is 1. The zero-order valence-corrected chi connectivity index (χ0v) is 11.9. The molecule has 1 atom stereocenters. The molecule has 1 aliphatic heterocycles. The molecule has 0 saturated carbocycles. The molecule has 1 aliphatic rings. The van der Waals surface area contributed by atoms with Crippen molar-refractivity contribution in [2.75, 3.05) is 29.1 Å². The van der Waals surface area contributed by atoms with Crippen molar-refractivity contribution < 1.29 is 4.92 Å². The van der Waals surface area contributed by atoms with Gasteiger partial charge in [-0.05, 0) is 13.0 Å². The molecule has 0 bridgehead atoms. The highest BCUT2D eigenvalue weighted by Gasteiger charge is 2.15. The lowest BCUT2D eigenvalue weighted by molar-refractivity contribution is -0.385. The van der Waals surface area contributed by atoms with Crippen LogP contribution in [0.3, 0.4) is 0 Å². The summed E-state index contributed by atoms with van der Waals surface area (Å²) in [5, 5.41) is 14.7. The first-order valence-corrected chi connectivity index (χ1v) is 8.05. The molecule has 18 heavy (non-hydrogen) atoms. The second-order valence-corrected chi connectivity index (χ2v) is 6.77. The normalized spacial score (nSPS) is 19.5. The topological polar surface area (TPSA) is 55.2 Å². The highest BCUT2D eigenvalue weighted by molar-refractivity contribution is 8.06. The Morgan fingerprint density at radius 3 is 3.00 bits per heavy atom. The molecule has 0 aromatic heterocycles. The number of nitrogens with zero attached hydrogens (tertiary/aromatic N) is 1. The number of nitro benzene ring substituents is 1. The number of hydrogen-bond acceptors (Lipinski definition) is 5. The van der Waals surface area contributed by atoms with Crippen LogP contribution < -0.4 is 5.32 Å². The Hall–Kier alpha value is -0.880. The predicted molar refractivity (Wildman–Crippen MR) is 79.9 cm³/mol. The van der Waals surface area contributed by atoms with Crippen LogP contribution in [-0.2, 0) is 0 Å². The summed E-state index contributed by atoms with van der Waals surface area (Å²) in [6.45, 7) is 2.63. The zero-order chi connectivity index (χ0) is 13.0. The van der Waals surface area contributed by atoms with E-state index in [1.807, 2.05) is 29.6 Å². The first-order chi connectivity index (χ1) is 8.66. The summed E-state index contributed by atoms with van der Waals surface area (Å²) in [6, 6.07) is 5.32. The van der Waals surface area contributed by atoms with Gasteiger partial charge in [-0.1, -0.05) is 6.07 Å². The van der Waals surface area contributed by atoms with Crippen molar-refractivity contribution in [2.45, 2.75) is 12.2 Å². The van der Waals surface area contributed by atoms with E-state index in [-0.39, 0.29) is 10.6 Å². The van der Waals surface area contributed by atoms with E-state index in [1.165, 1.54) is 11.5 Å². The summed E-state index contributed by atoms with van der Waals surface area (Å²) >= 11 is 3.96. The van der Waals surface area contributed by atoms with Crippen molar-refractivity contribution in [3.05, 3.63) is 33.9 Å². The number of aryl methyl sites for hydroxylation is 1. The third-order valence-corrected chi connectivity index (χ3v) is 5.67. The van der Waals surface area contributed by atoms with Gasteiger partial charge < -0.3 is 5.32 Å². The van der Waals surface area contributed by atoms with E-state index < -0.39 is 0 Å². The Labute approximate surface area is 115 Å². The van der Waals surface area contributed by atoms with E-state index in [0.29, 0.717) is 10.8 Å². The van der Waals surface area contributed by atoms with Gasteiger partial charge in [0.1, 0.15) is 0 Å². The van der Waals surface area contributed by atoms with Gasteiger partial charge in [0, 0.05) is 46.4 Å². The fourth-order valence-electron chi connectivity index (χ4n) is 1.80. The number of rotatable bonds is 4. The molecule has 1 aromatic rings. The second-order valence-electron chi connectivity index (χ2n) is 4.21. The van der Waals surface area contributed by atoms with Gasteiger partial charge in [-0.3, -0.25) is 10.1 Å². The average molecular weight is 284 g/mol. The van der Waals surface area contributed by atoms with Crippen molar-refractivity contribution in [1.82, 2.24) is 0 Å². The summed E-state index contributed by atoms with van der Waals surface area (Å²) in [5.74, 6) is 3.59. The van der Waals surface area contributed by atoms with Gasteiger partial charge in [0.15, 0.2) is 0 Å². The lowest BCUT2D eigenvalue weighted by atomic mass is 10.2. The molecule has 0 amide bonds. The molecule has 0 radical (unpaired) electrons. The highest BCUT2D eigenvalue weighted by Crippen LogP contribution is 2.26. The van der Waals surface area contributed by atoms with Crippen LogP contribution in [0.1, 0.15) is 5.56 Å². The summed E-state index contributed by atoms with van der Waals surface area (Å²) in [7, 11) is 0. The van der Waals surface area contributed by atoms with E-state index in [4.69, 9.17) is 0 Å². The first kappa shape index (κ1) is 13.5.